The molecule has 1 saturated heterocycles. The van der Waals surface area contributed by atoms with E-state index in [-0.39, 0.29) is 29.8 Å². The Balaban J connectivity index is 0.00000196. The van der Waals surface area contributed by atoms with Gasteiger partial charge in [-0.1, -0.05) is 43.2 Å². The van der Waals surface area contributed by atoms with Gasteiger partial charge in [0, 0.05) is 12.1 Å². The van der Waals surface area contributed by atoms with Crippen LogP contribution in [0.15, 0.2) is 40.9 Å². The number of hydrogen-bond acceptors (Lipinski definition) is 4. The molecule has 2 fully saturated rings. The van der Waals surface area contributed by atoms with E-state index in [9.17, 15) is 4.79 Å². The standard InChI is InChI=1S/C20H25N3O2.ClH/c1-14(18-22-12-17(25-18)15-7-3-2-4-8-15)23-19(24)20-10-6-5-9-16(20)11-21-13-20;/h2-4,7-8,12,14,16,21H,5-6,9-11,13H2,1H3,(H,23,24);1H/t14?,16-,20+;/m0./s1. The Morgan fingerprint density at radius 1 is 1.35 bits per heavy atom. The lowest BCUT2D eigenvalue weighted by atomic mass is 9.67. The first-order valence-electron chi connectivity index (χ1n) is 9.22. The smallest absolute Gasteiger partial charge is 0.228 e. The number of fused-ring (bicyclic) bond motifs is 1. The van der Waals surface area contributed by atoms with Crippen LogP contribution in [0, 0.1) is 11.3 Å². The fourth-order valence-corrected chi connectivity index (χ4v) is 4.32. The summed E-state index contributed by atoms with van der Waals surface area (Å²) in [5, 5.41) is 6.58. The van der Waals surface area contributed by atoms with Gasteiger partial charge in [-0.3, -0.25) is 4.79 Å². The van der Waals surface area contributed by atoms with Crippen LogP contribution in [0.4, 0.5) is 0 Å². The second-order valence-corrected chi connectivity index (χ2v) is 7.35. The Kier molecular flexibility index (Phi) is 5.68. The van der Waals surface area contributed by atoms with Gasteiger partial charge in [-0.25, -0.2) is 4.98 Å². The zero-order valence-electron chi connectivity index (χ0n) is 15.0. The summed E-state index contributed by atoms with van der Waals surface area (Å²) in [5.74, 6) is 1.89. The second-order valence-electron chi connectivity index (χ2n) is 7.35. The largest absolute Gasteiger partial charge is 0.438 e. The van der Waals surface area contributed by atoms with Gasteiger partial charge in [0.1, 0.15) is 6.04 Å². The molecule has 1 unspecified atom stereocenters. The quantitative estimate of drug-likeness (QED) is 0.854. The van der Waals surface area contributed by atoms with Crippen LogP contribution in [-0.2, 0) is 4.79 Å². The lowest BCUT2D eigenvalue weighted by Crippen LogP contribution is -2.48. The predicted molar refractivity (Wildman–Crippen MR) is 103 cm³/mol. The average Bonchev–Trinajstić information content (AvgIpc) is 3.30. The number of benzene rings is 1. The lowest BCUT2D eigenvalue weighted by molar-refractivity contribution is -0.134. The van der Waals surface area contributed by atoms with Gasteiger partial charge < -0.3 is 15.1 Å². The van der Waals surface area contributed by atoms with E-state index in [1.54, 1.807) is 6.20 Å². The molecule has 2 aromatic rings. The minimum Gasteiger partial charge on any atom is -0.438 e. The summed E-state index contributed by atoms with van der Waals surface area (Å²) in [6.45, 7) is 3.69. The van der Waals surface area contributed by atoms with Gasteiger partial charge in [-0.15, -0.1) is 12.4 Å². The summed E-state index contributed by atoms with van der Waals surface area (Å²) in [7, 11) is 0. The van der Waals surface area contributed by atoms with Crippen molar-refractivity contribution in [3.05, 3.63) is 42.4 Å². The molecule has 2 heterocycles. The van der Waals surface area contributed by atoms with Gasteiger partial charge in [0.15, 0.2) is 5.76 Å². The maximum Gasteiger partial charge on any atom is 0.228 e. The third kappa shape index (κ3) is 3.38. The summed E-state index contributed by atoms with van der Waals surface area (Å²) in [6, 6.07) is 9.66. The van der Waals surface area contributed by atoms with Crippen molar-refractivity contribution in [1.29, 1.82) is 0 Å². The van der Waals surface area contributed by atoms with Crippen LogP contribution in [0.3, 0.4) is 0 Å². The fourth-order valence-electron chi connectivity index (χ4n) is 4.32. The van der Waals surface area contributed by atoms with Crippen LogP contribution in [0.25, 0.3) is 11.3 Å². The van der Waals surface area contributed by atoms with E-state index in [1.807, 2.05) is 37.3 Å². The summed E-state index contributed by atoms with van der Waals surface area (Å²) in [6.07, 6.45) is 6.22. The molecule has 1 aliphatic heterocycles. The maximum atomic E-state index is 13.0. The summed E-state index contributed by atoms with van der Waals surface area (Å²) in [5.41, 5.74) is 0.743. The molecular formula is C20H26ClN3O2. The number of carbonyl (C=O) groups is 1. The molecule has 6 heteroatoms. The molecule has 0 bridgehead atoms. The van der Waals surface area contributed by atoms with Gasteiger partial charge in [0.05, 0.1) is 11.6 Å². The Morgan fingerprint density at radius 2 is 2.15 bits per heavy atom. The van der Waals surface area contributed by atoms with Gasteiger partial charge in [0.2, 0.25) is 11.8 Å². The number of nitrogens with zero attached hydrogens (tertiary/aromatic N) is 1. The molecule has 1 aliphatic carbocycles. The molecule has 2 N–H and O–H groups in total. The topological polar surface area (TPSA) is 67.2 Å². The fraction of sp³-hybridized carbons (Fsp3) is 0.500. The van der Waals surface area contributed by atoms with E-state index in [2.05, 4.69) is 15.6 Å². The highest BCUT2D eigenvalue weighted by Crippen LogP contribution is 2.44. The third-order valence-corrected chi connectivity index (χ3v) is 5.79. The van der Waals surface area contributed by atoms with Crippen molar-refractivity contribution >= 4 is 18.3 Å². The number of hydrogen-bond donors (Lipinski definition) is 2. The molecule has 1 amide bonds. The van der Waals surface area contributed by atoms with E-state index in [0.717, 1.165) is 43.7 Å². The van der Waals surface area contributed by atoms with Crippen molar-refractivity contribution in [3.8, 4) is 11.3 Å². The number of aromatic nitrogens is 1. The number of halogens is 1. The Morgan fingerprint density at radius 3 is 2.96 bits per heavy atom. The highest BCUT2D eigenvalue weighted by Gasteiger charge is 2.50. The average molecular weight is 376 g/mol. The maximum absolute atomic E-state index is 13.0. The highest BCUT2D eigenvalue weighted by atomic mass is 35.5. The molecule has 26 heavy (non-hydrogen) atoms. The monoisotopic (exact) mass is 375 g/mol. The molecule has 1 aromatic carbocycles. The number of nitrogens with one attached hydrogen (secondary N) is 2. The Labute approximate surface area is 160 Å². The molecular weight excluding hydrogens is 350 g/mol. The first kappa shape index (κ1) is 18.9. The Hall–Kier alpha value is -1.85. The molecule has 3 atom stereocenters. The normalized spacial score (nSPS) is 25.8. The Bertz CT molecular complexity index is 749. The van der Waals surface area contributed by atoms with Crippen molar-refractivity contribution in [2.45, 2.75) is 38.6 Å². The molecule has 0 radical (unpaired) electrons. The zero-order valence-corrected chi connectivity index (χ0v) is 15.8. The summed E-state index contributed by atoms with van der Waals surface area (Å²) >= 11 is 0. The van der Waals surface area contributed by atoms with E-state index in [4.69, 9.17) is 4.42 Å². The van der Waals surface area contributed by atoms with Crippen LogP contribution < -0.4 is 10.6 Å². The van der Waals surface area contributed by atoms with E-state index >= 15 is 0 Å². The van der Waals surface area contributed by atoms with Crippen LogP contribution in [0.2, 0.25) is 0 Å². The van der Waals surface area contributed by atoms with Crippen molar-refractivity contribution in [2.24, 2.45) is 11.3 Å². The number of carbonyl (C=O) groups excluding carboxylic acids is 1. The van der Waals surface area contributed by atoms with Gasteiger partial charge in [-0.2, -0.15) is 0 Å². The zero-order chi connectivity index (χ0) is 17.3. The van der Waals surface area contributed by atoms with Crippen molar-refractivity contribution in [2.75, 3.05) is 13.1 Å². The van der Waals surface area contributed by atoms with Crippen LogP contribution in [0.1, 0.15) is 44.5 Å². The van der Waals surface area contributed by atoms with E-state index in [0.29, 0.717) is 11.8 Å². The number of oxazole rings is 1. The van der Waals surface area contributed by atoms with Gasteiger partial charge in [0.25, 0.3) is 0 Å². The highest BCUT2D eigenvalue weighted by molar-refractivity contribution is 5.85. The first-order chi connectivity index (χ1) is 12.2. The van der Waals surface area contributed by atoms with Crippen molar-refractivity contribution < 1.29 is 9.21 Å². The van der Waals surface area contributed by atoms with E-state index < -0.39 is 0 Å². The summed E-state index contributed by atoms with van der Waals surface area (Å²) < 4.78 is 5.89. The molecule has 4 rings (SSSR count). The van der Waals surface area contributed by atoms with Gasteiger partial charge in [-0.05, 0) is 32.2 Å². The van der Waals surface area contributed by atoms with Crippen LogP contribution >= 0.6 is 12.4 Å². The summed E-state index contributed by atoms with van der Waals surface area (Å²) in [4.78, 5) is 17.4. The van der Waals surface area contributed by atoms with E-state index in [1.165, 1.54) is 6.42 Å². The molecule has 1 aromatic heterocycles. The number of amides is 1. The SMILES string of the molecule is CC(NC(=O)[C@@]12CCCC[C@H]1CNC2)c1ncc(-c2ccccc2)o1.Cl. The van der Waals surface area contributed by atoms with Crippen molar-refractivity contribution in [3.63, 3.8) is 0 Å². The first-order valence-corrected chi connectivity index (χ1v) is 9.22. The molecule has 1 saturated carbocycles. The predicted octanol–water partition coefficient (Wildman–Crippen LogP) is 3.72. The molecule has 2 aliphatic rings. The number of rotatable bonds is 4. The lowest BCUT2D eigenvalue weighted by Gasteiger charge is -2.37. The molecule has 0 spiro atoms. The van der Waals surface area contributed by atoms with Crippen LogP contribution in [0.5, 0.6) is 0 Å². The van der Waals surface area contributed by atoms with Crippen molar-refractivity contribution in [1.82, 2.24) is 15.6 Å². The minimum absolute atomic E-state index is 0. The second kappa shape index (κ2) is 7.80. The third-order valence-electron chi connectivity index (χ3n) is 5.79. The minimum atomic E-state index is -0.249. The van der Waals surface area contributed by atoms with Gasteiger partial charge >= 0.3 is 0 Å². The van der Waals surface area contributed by atoms with Crippen LogP contribution in [-0.4, -0.2) is 24.0 Å². The molecule has 5 nitrogen and oxygen atoms in total. The molecule has 140 valence electrons.